The van der Waals surface area contributed by atoms with Gasteiger partial charge in [-0.3, -0.25) is 5.43 Å². The lowest BCUT2D eigenvalue weighted by atomic mass is 10.1. The summed E-state index contributed by atoms with van der Waals surface area (Å²) in [6.07, 6.45) is 3.43. The summed E-state index contributed by atoms with van der Waals surface area (Å²) in [5, 5.41) is 14.3. The summed E-state index contributed by atoms with van der Waals surface area (Å²) < 4.78 is 10.5. The Morgan fingerprint density at radius 2 is 1.81 bits per heavy atom. The van der Waals surface area contributed by atoms with Crippen molar-refractivity contribution in [2.24, 2.45) is 5.10 Å². The minimum absolute atomic E-state index is 0.355. The smallest absolute Gasteiger partial charge is 0.337 e. The summed E-state index contributed by atoms with van der Waals surface area (Å²) >= 11 is 0. The standard InChI is InChI=1S/C24H20N4O3/c1-30-24(29)19-10-6-18(7-11-19)16-31-21-12-8-17(9-13-21)14-25-27-23-22-5-3-2-4-20(22)15-26-28-23/h2-15H,16H2,1H3,(H,27,28). The van der Waals surface area contributed by atoms with Gasteiger partial charge in [0.25, 0.3) is 0 Å². The van der Waals surface area contributed by atoms with Gasteiger partial charge in [-0.15, -0.1) is 5.10 Å². The van der Waals surface area contributed by atoms with Gasteiger partial charge < -0.3 is 9.47 Å². The Kier molecular flexibility index (Phi) is 6.13. The van der Waals surface area contributed by atoms with Crippen LogP contribution >= 0.6 is 0 Å². The molecule has 1 heterocycles. The fraction of sp³-hybridized carbons (Fsp3) is 0.0833. The van der Waals surface area contributed by atoms with E-state index in [1.807, 2.05) is 60.7 Å². The normalized spacial score (nSPS) is 10.9. The predicted octanol–water partition coefficient (Wildman–Crippen LogP) is 4.44. The van der Waals surface area contributed by atoms with Gasteiger partial charge in [-0.2, -0.15) is 10.2 Å². The van der Waals surface area contributed by atoms with E-state index in [4.69, 9.17) is 9.47 Å². The Balaban J connectivity index is 1.33. The number of fused-ring (bicyclic) bond motifs is 1. The fourth-order valence-electron chi connectivity index (χ4n) is 2.95. The van der Waals surface area contributed by atoms with Crippen LogP contribution in [-0.2, 0) is 11.3 Å². The van der Waals surface area contributed by atoms with E-state index < -0.39 is 0 Å². The second-order valence-corrected chi connectivity index (χ2v) is 6.70. The number of esters is 1. The molecule has 1 aromatic heterocycles. The van der Waals surface area contributed by atoms with Crippen LogP contribution in [0, 0.1) is 0 Å². The number of aromatic nitrogens is 2. The van der Waals surface area contributed by atoms with Crippen LogP contribution in [0.3, 0.4) is 0 Å². The molecule has 0 aliphatic heterocycles. The molecule has 31 heavy (non-hydrogen) atoms. The molecule has 4 rings (SSSR count). The quantitative estimate of drug-likeness (QED) is 0.274. The molecule has 0 bridgehead atoms. The summed E-state index contributed by atoms with van der Waals surface area (Å²) in [4.78, 5) is 11.5. The van der Waals surface area contributed by atoms with E-state index in [2.05, 4.69) is 20.7 Å². The monoisotopic (exact) mass is 412 g/mol. The summed E-state index contributed by atoms with van der Waals surface area (Å²) in [6, 6.07) is 22.6. The molecule has 4 aromatic rings. The van der Waals surface area contributed by atoms with Crippen molar-refractivity contribution in [3.05, 3.63) is 95.7 Å². The Labute approximate surface area is 179 Å². The zero-order valence-electron chi connectivity index (χ0n) is 16.9. The van der Waals surface area contributed by atoms with E-state index in [0.717, 1.165) is 27.6 Å². The van der Waals surface area contributed by atoms with E-state index in [1.165, 1.54) is 7.11 Å². The van der Waals surface area contributed by atoms with Crippen molar-refractivity contribution in [1.82, 2.24) is 10.2 Å². The second kappa shape index (κ2) is 9.49. The lowest BCUT2D eigenvalue weighted by Crippen LogP contribution is -2.02. The molecule has 0 aliphatic rings. The second-order valence-electron chi connectivity index (χ2n) is 6.70. The molecule has 0 atom stereocenters. The van der Waals surface area contributed by atoms with E-state index in [9.17, 15) is 4.79 Å². The van der Waals surface area contributed by atoms with Crippen LogP contribution < -0.4 is 10.2 Å². The number of benzene rings is 3. The van der Waals surface area contributed by atoms with Crippen molar-refractivity contribution >= 4 is 28.8 Å². The molecule has 0 fully saturated rings. The third kappa shape index (κ3) is 5.02. The molecule has 1 N–H and O–H groups in total. The molecular formula is C24H20N4O3. The minimum Gasteiger partial charge on any atom is -0.489 e. The van der Waals surface area contributed by atoms with E-state index >= 15 is 0 Å². The number of nitrogens with one attached hydrogen (secondary N) is 1. The minimum atomic E-state index is -0.355. The first-order valence-corrected chi connectivity index (χ1v) is 9.62. The maximum atomic E-state index is 11.5. The van der Waals surface area contributed by atoms with Crippen molar-refractivity contribution in [1.29, 1.82) is 0 Å². The van der Waals surface area contributed by atoms with Crippen LogP contribution in [0.2, 0.25) is 0 Å². The fourth-order valence-corrected chi connectivity index (χ4v) is 2.95. The van der Waals surface area contributed by atoms with Gasteiger partial charge in [-0.1, -0.05) is 36.4 Å². The van der Waals surface area contributed by atoms with Crippen molar-refractivity contribution in [3.8, 4) is 5.75 Å². The lowest BCUT2D eigenvalue weighted by Gasteiger charge is -2.07. The summed E-state index contributed by atoms with van der Waals surface area (Å²) in [7, 11) is 1.36. The van der Waals surface area contributed by atoms with Crippen LogP contribution in [0.1, 0.15) is 21.5 Å². The zero-order chi connectivity index (χ0) is 21.5. The summed E-state index contributed by atoms with van der Waals surface area (Å²) in [6.45, 7) is 0.399. The van der Waals surface area contributed by atoms with Crippen molar-refractivity contribution < 1.29 is 14.3 Å². The molecule has 7 heteroatoms. The third-order valence-corrected chi connectivity index (χ3v) is 4.62. The van der Waals surface area contributed by atoms with Gasteiger partial charge in [0.15, 0.2) is 5.82 Å². The first kappa shape index (κ1) is 20.0. The van der Waals surface area contributed by atoms with Gasteiger partial charge in [-0.25, -0.2) is 4.79 Å². The molecule has 0 amide bonds. The molecule has 0 saturated heterocycles. The average molecular weight is 412 g/mol. The molecule has 0 aliphatic carbocycles. The molecule has 0 unspecified atom stereocenters. The highest BCUT2D eigenvalue weighted by atomic mass is 16.5. The Bertz CT molecular complexity index is 1200. The van der Waals surface area contributed by atoms with Crippen molar-refractivity contribution in [2.45, 2.75) is 6.61 Å². The maximum Gasteiger partial charge on any atom is 0.337 e. The van der Waals surface area contributed by atoms with Gasteiger partial charge >= 0.3 is 5.97 Å². The van der Waals surface area contributed by atoms with Gasteiger partial charge in [0.1, 0.15) is 12.4 Å². The molecule has 3 aromatic carbocycles. The Morgan fingerprint density at radius 3 is 2.58 bits per heavy atom. The largest absolute Gasteiger partial charge is 0.489 e. The topological polar surface area (TPSA) is 85.7 Å². The van der Waals surface area contributed by atoms with Crippen LogP contribution in [0.15, 0.2) is 84.1 Å². The third-order valence-electron chi connectivity index (χ3n) is 4.62. The molecule has 0 spiro atoms. The Morgan fingerprint density at radius 1 is 1.03 bits per heavy atom. The average Bonchev–Trinajstić information content (AvgIpc) is 2.83. The van der Waals surface area contributed by atoms with Gasteiger partial charge in [0.05, 0.1) is 25.1 Å². The van der Waals surface area contributed by atoms with Crippen LogP contribution in [0.5, 0.6) is 5.75 Å². The number of hydrogen-bond acceptors (Lipinski definition) is 7. The number of hydrogen-bond donors (Lipinski definition) is 1. The molecule has 0 radical (unpaired) electrons. The highest BCUT2D eigenvalue weighted by Gasteiger charge is 2.05. The number of rotatable bonds is 7. The van der Waals surface area contributed by atoms with E-state index in [0.29, 0.717) is 18.0 Å². The number of anilines is 1. The van der Waals surface area contributed by atoms with Gasteiger partial charge in [0, 0.05) is 10.8 Å². The molecule has 7 nitrogen and oxygen atoms in total. The lowest BCUT2D eigenvalue weighted by molar-refractivity contribution is 0.0600. The van der Waals surface area contributed by atoms with Crippen LogP contribution in [-0.4, -0.2) is 29.5 Å². The predicted molar refractivity (Wildman–Crippen MR) is 119 cm³/mol. The SMILES string of the molecule is COC(=O)c1ccc(COc2ccc(C=NNc3nncc4ccccc34)cc2)cc1. The maximum absolute atomic E-state index is 11.5. The van der Waals surface area contributed by atoms with E-state index in [-0.39, 0.29) is 5.97 Å². The number of ether oxygens (including phenoxy) is 2. The highest BCUT2D eigenvalue weighted by Crippen LogP contribution is 2.19. The first-order chi connectivity index (χ1) is 15.2. The van der Waals surface area contributed by atoms with Crippen LogP contribution in [0.25, 0.3) is 10.8 Å². The van der Waals surface area contributed by atoms with Crippen LogP contribution in [0.4, 0.5) is 5.82 Å². The number of carbonyl (C=O) groups excluding carboxylic acids is 1. The molecule has 0 saturated carbocycles. The number of carbonyl (C=O) groups is 1. The number of nitrogens with zero attached hydrogens (tertiary/aromatic N) is 3. The van der Waals surface area contributed by atoms with Crippen molar-refractivity contribution in [3.63, 3.8) is 0 Å². The highest BCUT2D eigenvalue weighted by molar-refractivity contribution is 5.91. The molecule has 154 valence electrons. The number of hydrazone groups is 1. The summed E-state index contributed by atoms with van der Waals surface area (Å²) in [5.41, 5.74) is 5.33. The number of methoxy groups -OCH3 is 1. The van der Waals surface area contributed by atoms with Crippen molar-refractivity contribution in [2.75, 3.05) is 12.5 Å². The summed E-state index contributed by atoms with van der Waals surface area (Å²) in [5.74, 6) is 0.987. The van der Waals surface area contributed by atoms with Gasteiger partial charge in [-0.05, 0) is 47.5 Å². The zero-order valence-corrected chi connectivity index (χ0v) is 16.9. The molecular weight excluding hydrogens is 392 g/mol. The van der Waals surface area contributed by atoms with Gasteiger partial charge in [0.2, 0.25) is 0 Å². The first-order valence-electron chi connectivity index (χ1n) is 9.62. The van der Waals surface area contributed by atoms with E-state index in [1.54, 1.807) is 24.5 Å². The Hall–Kier alpha value is -4.26.